The second-order valence-electron chi connectivity index (χ2n) is 10.8. The first-order valence-electron chi connectivity index (χ1n) is 13.5. The quantitative estimate of drug-likeness (QED) is 0.506. The molecule has 12 heteroatoms. The highest BCUT2D eigenvalue weighted by molar-refractivity contribution is 7.89. The Morgan fingerprint density at radius 2 is 2.00 bits per heavy atom. The Kier molecular flexibility index (Phi) is 8.97. The van der Waals surface area contributed by atoms with Gasteiger partial charge in [0, 0.05) is 38.7 Å². The summed E-state index contributed by atoms with van der Waals surface area (Å²) >= 11 is 0. The highest BCUT2D eigenvalue weighted by Gasteiger charge is 2.37. The van der Waals surface area contributed by atoms with Gasteiger partial charge in [-0.2, -0.15) is 4.31 Å². The number of para-hydroxylation sites is 1. The van der Waals surface area contributed by atoms with E-state index in [4.69, 9.17) is 4.74 Å². The Bertz CT molecular complexity index is 1290. The molecule has 214 valence electrons. The third kappa shape index (κ3) is 6.28. The average molecular weight is 562 g/mol. The largest absolute Gasteiger partial charge is 0.486 e. The third-order valence-corrected chi connectivity index (χ3v) is 9.43. The molecule has 2 amide bonds. The van der Waals surface area contributed by atoms with E-state index in [1.807, 2.05) is 6.92 Å². The molecule has 0 bridgehead atoms. The molecule has 3 atom stereocenters. The van der Waals surface area contributed by atoms with Crippen molar-refractivity contribution in [2.45, 2.75) is 63.1 Å². The van der Waals surface area contributed by atoms with Gasteiger partial charge in [-0.05, 0) is 31.9 Å². The van der Waals surface area contributed by atoms with Gasteiger partial charge in [-0.15, -0.1) is 0 Å². The van der Waals surface area contributed by atoms with E-state index in [1.165, 1.54) is 23.9 Å². The second-order valence-corrected chi connectivity index (χ2v) is 12.8. The smallest absolute Gasteiger partial charge is 0.261 e. The number of fused-ring (bicyclic) bond motifs is 1. The lowest BCUT2D eigenvalue weighted by Crippen LogP contribution is -2.50. The van der Waals surface area contributed by atoms with Gasteiger partial charge in [0.15, 0.2) is 10.8 Å². The fourth-order valence-corrected chi connectivity index (χ4v) is 6.33. The van der Waals surface area contributed by atoms with Crippen molar-refractivity contribution >= 4 is 27.5 Å². The summed E-state index contributed by atoms with van der Waals surface area (Å²) in [4.78, 5) is 32.4. The number of nitrogens with zero attached hydrogens (tertiary/aromatic N) is 4. The van der Waals surface area contributed by atoms with Crippen LogP contribution in [0.25, 0.3) is 0 Å². The molecule has 1 aliphatic heterocycles. The number of aliphatic hydroxyl groups is 1. The number of carbonyl (C=O) groups excluding carboxylic acids is 2. The molecule has 0 radical (unpaired) electrons. The third-order valence-electron chi connectivity index (χ3n) is 7.72. The van der Waals surface area contributed by atoms with Gasteiger partial charge in [0.25, 0.3) is 15.9 Å². The fraction of sp³-hybridized carbons (Fsp3) is 0.593. The number of amides is 2. The highest BCUT2D eigenvalue weighted by atomic mass is 32.2. The lowest BCUT2D eigenvalue weighted by molar-refractivity contribution is -0.120. The predicted octanol–water partition coefficient (Wildman–Crippen LogP) is 2.48. The molecule has 2 heterocycles. The van der Waals surface area contributed by atoms with Crippen LogP contribution in [-0.4, -0.2) is 83.0 Å². The van der Waals surface area contributed by atoms with E-state index in [-0.39, 0.29) is 59.7 Å². The molecule has 39 heavy (non-hydrogen) atoms. The number of ether oxygens (including phenoxy) is 1. The molecule has 2 aromatic rings. The summed E-state index contributed by atoms with van der Waals surface area (Å²) in [5, 5.41) is 12.8. The number of aromatic nitrogens is 2. The van der Waals surface area contributed by atoms with Crippen LogP contribution >= 0.6 is 0 Å². The number of benzene rings is 1. The van der Waals surface area contributed by atoms with Gasteiger partial charge in [0.2, 0.25) is 5.91 Å². The second kappa shape index (κ2) is 12.1. The number of carbonyl (C=O) groups is 2. The van der Waals surface area contributed by atoms with Crippen LogP contribution in [0, 0.1) is 11.8 Å². The predicted molar refractivity (Wildman–Crippen MR) is 146 cm³/mol. The van der Waals surface area contributed by atoms with Crippen molar-refractivity contribution in [1.82, 2.24) is 18.8 Å². The Balaban J connectivity index is 1.69. The number of likely N-dealkylation sites (N-methyl/N-ethyl adjacent to an activating group) is 1. The number of anilines is 1. The lowest BCUT2D eigenvalue weighted by Gasteiger charge is -2.38. The molecular formula is C27H39N5O6S. The molecule has 1 aromatic heterocycles. The maximum atomic E-state index is 13.7. The number of imidazole rings is 1. The van der Waals surface area contributed by atoms with Crippen molar-refractivity contribution in [1.29, 1.82) is 0 Å². The molecule has 0 unspecified atom stereocenters. The molecule has 4 rings (SSSR count). The van der Waals surface area contributed by atoms with Crippen molar-refractivity contribution in [2.75, 3.05) is 32.1 Å². The van der Waals surface area contributed by atoms with E-state index in [0.717, 1.165) is 32.1 Å². The van der Waals surface area contributed by atoms with Crippen molar-refractivity contribution in [2.24, 2.45) is 18.9 Å². The summed E-state index contributed by atoms with van der Waals surface area (Å²) in [5.74, 6) is -0.628. The van der Waals surface area contributed by atoms with Gasteiger partial charge in [-0.3, -0.25) is 9.59 Å². The minimum Gasteiger partial charge on any atom is -0.486 e. The van der Waals surface area contributed by atoms with Crippen molar-refractivity contribution in [3.8, 4) is 5.75 Å². The van der Waals surface area contributed by atoms with Crippen LogP contribution in [-0.2, 0) is 21.9 Å². The van der Waals surface area contributed by atoms with E-state index >= 15 is 0 Å². The summed E-state index contributed by atoms with van der Waals surface area (Å²) in [6.45, 7) is 3.64. The van der Waals surface area contributed by atoms with Gasteiger partial charge in [-0.25, -0.2) is 13.4 Å². The van der Waals surface area contributed by atoms with Gasteiger partial charge in [0.1, 0.15) is 6.10 Å². The summed E-state index contributed by atoms with van der Waals surface area (Å²) in [5.41, 5.74) is 0.631. The molecule has 1 aliphatic carbocycles. The van der Waals surface area contributed by atoms with Crippen LogP contribution in [0.5, 0.6) is 5.75 Å². The molecule has 11 nitrogen and oxygen atoms in total. The fourth-order valence-electron chi connectivity index (χ4n) is 5.19. The van der Waals surface area contributed by atoms with Crippen LogP contribution < -0.4 is 10.1 Å². The van der Waals surface area contributed by atoms with Gasteiger partial charge >= 0.3 is 0 Å². The van der Waals surface area contributed by atoms with E-state index in [1.54, 1.807) is 41.6 Å². The number of hydrogen-bond acceptors (Lipinski definition) is 7. The molecule has 0 saturated heterocycles. The van der Waals surface area contributed by atoms with Crippen molar-refractivity contribution < 1.29 is 27.9 Å². The van der Waals surface area contributed by atoms with Crippen molar-refractivity contribution in [3.63, 3.8) is 0 Å². The Morgan fingerprint density at radius 3 is 2.64 bits per heavy atom. The summed E-state index contributed by atoms with van der Waals surface area (Å²) in [6.07, 6.45) is 6.96. The van der Waals surface area contributed by atoms with E-state index in [9.17, 15) is 23.1 Å². The van der Waals surface area contributed by atoms with Crippen LogP contribution in [0.3, 0.4) is 0 Å². The highest BCUT2D eigenvalue weighted by Crippen LogP contribution is 2.36. The molecule has 0 spiro atoms. The average Bonchev–Trinajstić information content (AvgIpc) is 3.38. The first-order valence-corrected chi connectivity index (χ1v) is 14.9. The number of aryl methyl sites for hydroxylation is 1. The van der Waals surface area contributed by atoms with Crippen LogP contribution in [0.15, 0.2) is 35.7 Å². The number of hydrogen-bond donors (Lipinski definition) is 2. The van der Waals surface area contributed by atoms with Crippen LogP contribution in [0.4, 0.5) is 5.69 Å². The monoisotopic (exact) mass is 561 g/mol. The minimum atomic E-state index is -3.90. The lowest BCUT2D eigenvalue weighted by atomic mass is 9.88. The minimum absolute atomic E-state index is 0.0139. The molecule has 1 saturated carbocycles. The summed E-state index contributed by atoms with van der Waals surface area (Å²) in [7, 11) is -0.735. The Hall–Kier alpha value is -2.96. The molecule has 2 N–H and O–H groups in total. The van der Waals surface area contributed by atoms with E-state index in [0.29, 0.717) is 5.69 Å². The molecular weight excluding hydrogens is 522 g/mol. The first kappa shape index (κ1) is 29.0. The molecule has 2 aliphatic rings. The normalized spacial score (nSPS) is 21.6. The van der Waals surface area contributed by atoms with E-state index < -0.39 is 22.2 Å². The maximum absolute atomic E-state index is 13.7. The Labute approximate surface area is 230 Å². The number of sulfonamides is 1. The zero-order valence-corrected chi connectivity index (χ0v) is 23.9. The standard InChI is InChI=1S/C27H39N5O6S/c1-18-13-32(19(2)16-33)27(35)21-11-8-12-22(29-26(34)20-9-6-5-7-10-20)25(21)38-23(18)14-31(4)39(36,37)24-15-30(3)17-28-24/h8,11-12,15,17-20,23,33H,5-7,9-10,13-14,16H2,1-4H3,(H,29,34)/t18-,19-,23-/m0/s1. The maximum Gasteiger partial charge on any atom is 0.261 e. The molecule has 1 fully saturated rings. The van der Waals surface area contributed by atoms with Crippen LogP contribution in [0.1, 0.15) is 56.3 Å². The topological polar surface area (TPSA) is 134 Å². The van der Waals surface area contributed by atoms with Gasteiger partial charge < -0.3 is 24.6 Å². The van der Waals surface area contributed by atoms with Gasteiger partial charge in [-0.1, -0.05) is 32.3 Å². The van der Waals surface area contributed by atoms with E-state index in [2.05, 4.69) is 10.3 Å². The zero-order chi connectivity index (χ0) is 28.3. The number of nitrogens with one attached hydrogen (secondary N) is 1. The van der Waals surface area contributed by atoms with Gasteiger partial charge in [0.05, 0.1) is 36.8 Å². The number of aliphatic hydroxyl groups excluding tert-OH is 1. The van der Waals surface area contributed by atoms with Crippen LogP contribution in [0.2, 0.25) is 0 Å². The molecule has 1 aromatic carbocycles. The first-order chi connectivity index (χ1) is 18.5. The zero-order valence-electron chi connectivity index (χ0n) is 23.0. The summed E-state index contributed by atoms with van der Waals surface area (Å²) in [6, 6.07) is 4.55. The summed E-state index contributed by atoms with van der Waals surface area (Å²) < 4.78 is 35.7. The Morgan fingerprint density at radius 1 is 1.28 bits per heavy atom. The number of rotatable bonds is 8. The van der Waals surface area contributed by atoms with Crippen molar-refractivity contribution in [3.05, 3.63) is 36.3 Å². The SMILES string of the molecule is C[C@H]1CN([C@@H](C)CO)C(=O)c2cccc(NC(=O)C3CCCCC3)c2O[C@H]1CN(C)S(=O)(=O)c1cn(C)cn1.